The molecular formula is C18H14FN3O2. The number of H-pyrrole nitrogens is 1. The van der Waals surface area contributed by atoms with E-state index >= 15 is 0 Å². The molecular weight excluding hydrogens is 309 g/mol. The van der Waals surface area contributed by atoms with Crippen molar-refractivity contribution >= 4 is 5.91 Å². The van der Waals surface area contributed by atoms with Gasteiger partial charge in [0.15, 0.2) is 0 Å². The van der Waals surface area contributed by atoms with E-state index in [-0.39, 0.29) is 11.7 Å². The molecule has 1 aliphatic rings. The van der Waals surface area contributed by atoms with Crippen molar-refractivity contribution in [2.75, 3.05) is 7.11 Å². The first-order valence-corrected chi connectivity index (χ1v) is 7.46. The topological polar surface area (TPSA) is 67.0 Å². The fraction of sp³-hybridized carbons (Fsp3) is 0.111. The van der Waals surface area contributed by atoms with Crippen molar-refractivity contribution in [3.8, 4) is 17.0 Å². The lowest BCUT2D eigenvalue weighted by Crippen LogP contribution is -2.21. The van der Waals surface area contributed by atoms with Crippen LogP contribution in [0.1, 0.15) is 27.7 Å². The number of hydrogen-bond donors (Lipinski definition) is 2. The van der Waals surface area contributed by atoms with Crippen LogP contribution in [0.3, 0.4) is 0 Å². The molecule has 2 N–H and O–H groups in total. The highest BCUT2D eigenvalue weighted by molar-refractivity contribution is 6.00. The van der Waals surface area contributed by atoms with Crippen LogP contribution in [0.4, 0.5) is 4.39 Å². The quantitative estimate of drug-likeness (QED) is 0.778. The predicted molar refractivity (Wildman–Crippen MR) is 86.3 cm³/mol. The maximum absolute atomic E-state index is 13.6. The van der Waals surface area contributed by atoms with Gasteiger partial charge in [0, 0.05) is 11.1 Å². The number of methoxy groups -OCH3 is 1. The second-order valence-electron chi connectivity index (χ2n) is 5.55. The molecule has 1 atom stereocenters. The van der Waals surface area contributed by atoms with Crippen LogP contribution >= 0.6 is 0 Å². The van der Waals surface area contributed by atoms with Crippen LogP contribution in [0, 0.1) is 5.82 Å². The van der Waals surface area contributed by atoms with E-state index in [1.54, 1.807) is 19.2 Å². The number of amides is 1. The van der Waals surface area contributed by atoms with Gasteiger partial charge in [-0.1, -0.05) is 24.3 Å². The number of nitrogens with one attached hydrogen (secondary N) is 2. The molecule has 0 radical (unpaired) electrons. The maximum Gasteiger partial charge on any atom is 0.270 e. The van der Waals surface area contributed by atoms with Crippen LogP contribution in [-0.2, 0) is 0 Å². The third-order valence-electron chi connectivity index (χ3n) is 4.12. The molecule has 0 saturated carbocycles. The molecule has 6 heteroatoms. The Morgan fingerprint density at radius 1 is 1.17 bits per heavy atom. The molecule has 0 spiro atoms. The third kappa shape index (κ3) is 2.23. The second kappa shape index (κ2) is 5.49. The number of rotatable bonds is 3. The molecule has 1 aromatic heterocycles. The standard InChI is InChI=1S/C18H14FN3O2/c1-24-13-7-3-5-11(9-13)16-14-15(10-4-2-6-12(19)8-10)20-18(23)17(14)22-21-16/h2-9,15H,1H3,(H,20,23)(H,21,22)/t15-/m0/s1. The zero-order chi connectivity index (χ0) is 16.7. The van der Waals surface area contributed by atoms with Crippen LogP contribution in [0.25, 0.3) is 11.3 Å². The van der Waals surface area contributed by atoms with Gasteiger partial charge in [0.2, 0.25) is 0 Å². The molecule has 5 nitrogen and oxygen atoms in total. The van der Waals surface area contributed by atoms with Gasteiger partial charge in [-0.05, 0) is 29.8 Å². The highest BCUT2D eigenvalue weighted by Gasteiger charge is 2.35. The molecule has 1 amide bonds. The number of halogens is 1. The van der Waals surface area contributed by atoms with Gasteiger partial charge in [0.05, 0.1) is 18.8 Å². The van der Waals surface area contributed by atoms with Gasteiger partial charge in [-0.25, -0.2) is 4.39 Å². The molecule has 24 heavy (non-hydrogen) atoms. The first-order valence-electron chi connectivity index (χ1n) is 7.46. The fourth-order valence-corrected chi connectivity index (χ4v) is 3.01. The van der Waals surface area contributed by atoms with Crippen molar-refractivity contribution in [2.45, 2.75) is 6.04 Å². The summed E-state index contributed by atoms with van der Waals surface area (Å²) < 4.78 is 18.8. The molecule has 3 aromatic rings. The van der Waals surface area contributed by atoms with Gasteiger partial charge >= 0.3 is 0 Å². The summed E-state index contributed by atoms with van der Waals surface area (Å²) >= 11 is 0. The zero-order valence-electron chi connectivity index (χ0n) is 12.8. The smallest absolute Gasteiger partial charge is 0.270 e. The van der Waals surface area contributed by atoms with Crippen molar-refractivity contribution in [2.24, 2.45) is 0 Å². The van der Waals surface area contributed by atoms with E-state index < -0.39 is 6.04 Å². The highest BCUT2D eigenvalue weighted by atomic mass is 19.1. The maximum atomic E-state index is 13.6. The Kier molecular flexibility index (Phi) is 3.30. The van der Waals surface area contributed by atoms with E-state index in [9.17, 15) is 9.18 Å². The Morgan fingerprint density at radius 3 is 2.79 bits per heavy atom. The zero-order valence-corrected chi connectivity index (χ0v) is 12.8. The number of hydrogen-bond acceptors (Lipinski definition) is 3. The number of aromatic amines is 1. The van der Waals surface area contributed by atoms with Crippen molar-refractivity contribution < 1.29 is 13.9 Å². The van der Waals surface area contributed by atoms with E-state index in [0.717, 1.165) is 11.1 Å². The summed E-state index contributed by atoms with van der Waals surface area (Å²) in [5.74, 6) is 0.103. The van der Waals surface area contributed by atoms with E-state index in [1.807, 2.05) is 24.3 Å². The highest BCUT2D eigenvalue weighted by Crippen LogP contribution is 2.37. The molecule has 120 valence electrons. The van der Waals surface area contributed by atoms with E-state index in [1.165, 1.54) is 12.1 Å². The largest absolute Gasteiger partial charge is 0.497 e. The molecule has 0 bridgehead atoms. The average Bonchev–Trinajstić information content (AvgIpc) is 3.16. The number of nitrogens with zero attached hydrogens (tertiary/aromatic N) is 1. The first kappa shape index (κ1) is 14.4. The summed E-state index contributed by atoms with van der Waals surface area (Å²) in [6.45, 7) is 0. The Labute approximate surface area is 137 Å². The van der Waals surface area contributed by atoms with Gasteiger partial charge in [-0.2, -0.15) is 5.10 Å². The second-order valence-corrected chi connectivity index (χ2v) is 5.55. The number of fused-ring (bicyclic) bond motifs is 1. The van der Waals surface area contributed by atoms with Crippen LogP contribution in [-0.4, -0.2) is 23.2 Å². The number of benzene rings is 2. The van der Waals surface area contributed by atoms with Crippen LogP contribution < -0.4 is 10.1 Å². The average molecular weight is 323 g/mol. The van der Waals surface area contributed by atoms with Crippen molar-refractivity contribution in [1.29, 1.82) is 0 Å². The SMILES string of the molecule is COc1cccc(-c2n[nH]c3c2[C@H](c2cccc(F)c2)NC3=O)c1. The normalized spacial score (nSPS) is 15.9. The summed E-state index contributed by atoms with van der Waals surface area (Å²) in [5, 5.41) is 9.96. The fourth-order valence-electron chi connectivity index (χ4n) is 3.01. The molecule has 2 heterocycles. The lowest BCUT2D eigenvalue weighted by Gasteiger charge is -2.13. The molecule has 0 unspecified atom stereocenters. The van der Waals surface area contributed by atoms with Crippen molar-refractivity contribution in [3.63, 3.8) is 0 Å². The Bertz CT molecular complexity index is 936. The van der Waals surface area contributed by atoms with Crippen molar-refractivity contribution in [1.82, 2.24) is 15.5 Å². The molecule has 0 fully saturated rings. The third-order valence-corrected chi connectivity index (χ3v) is 4.12. The van der Waals surface area contributed by atoms with Gasteiger partial charge in [0.25, 0.3) is 5.91 Å². The molecule has 0 saturated heterocycles. The number of carbonyl (C=O) groups is 1. The predicted octanol–water partition coefficient (Wildman–Crippen LogP) is 3.06. The minimum Gasteiger partial charge on any atom is -0.497 e. The number of aromatic nitrogens is 2. The Morgan fingerprint density at radius 2 is 2.00 bits per heavy atom. The van der Waals surface area contributed by atoms with Gasteiger partial charge in [-0.15, -0.1) is 0 Å². The molecule has 2 aromatic carbocycles. The van der Waals surface area contributed by atoms with Gasteiger partial charge in [-0.3, -0.25) is 9.89 Å². The van der Waals surface area contributed by atoms with E-state index in [4.69, 9.17) is 4.74 Å². The number of carbonyl (C=O) groups excluding carboxylic acids is 1. The summed E-state index contributed by atoms with van der Waals surface area (Å²) in [5.41, 5.74) is 3.27. The van der Waals surface area contributed by atoms with Crippen LogP contribution in [0.2, 0.25) is 0 Å². The lowest BCUT2D eigenvalue weighted by molar-refractivity contribution is 0.0955. The minimum atomic E-state index is -0.442. The minimum absolute atomic E-state index is 0.249. The van der Waals surface area contributed by atoms with E-state index in [2.05, 4.69) is 15.5 Å². The molecule has 0 aliphatic carbocycles. The summed E-state index contributed by atoms with van der Waals surface area (Å²) in [7, 11) is 1.59. The molecule has 1 aliphatic heterocycles. The summed E-state index contributed by atoms with van der Waals surface area (Å²) in [4.78, 5) is 12.2. The number of ether oxygens (including phenoxy) is 1. The summed E-state index contributed by atoms with van der Waals surface area (Å²) in [6, 6.07) is 13.2. The van der Waals surface area contributed by atoms with E-state index in [0.29, 0.717) is 22.7 Å². The Balaban J connectivity index is 1.86. The van der Waals surface area contributed by atoms with Crippen LogP contribution in [0.15, 0.2) is 48.5 Å². The molecule has 4 rings (SSSR count). The van der Waals surface area contributed by atoms with Gasteiger partial charge in [0.1, 0.15) is 17.3 Å². The summed E-state index contributed by atoms with van der Waals surface area (Å²) in [6.07, 6.45) is 0. The lowest BCUT2D eigenvalue weighted by atomic mass is 9.96. The van der Waals surface area contributed by atoms with Crippen molar-refractivity contribution in [3.05, 3.63) is 71.2 Å². The van der Waals surface area contributed by atoms with Crippen LogP contribution in [0.5, 0.6) is 5.75 Å². The monoisotopic (exact) mass is 323 g/mol. The first-order chi connectivity index (χ1) is 11.7. The van der Waals surface area contributed by atoms with Gasteiger partial charge < -0.3 is 10.1 Å². The Hall–Kier alpha value is -3.15.